The number of allylic oxidation sites excluding steroid dienone is 2. The van der Waals surface area contributed by atoms with Gasteiger partial charge in [-0.3, -0.25) is 0 Å². The third kappa shape index (κ3) is 2.44. The van der Waals surface area contributed by atoms with Crippen molar-refractivity contribution in [3.05, 3.63) is 11.6 Å². The quantitative estimate of drug-likeness (QED) is 0.688. The number of fused-ring (bicyclic) bond motifs is 1. The predicted molar refractivity (Wildman–Crippen MR) is 63.6 cm³/mol. The standard InChI is InChI=1S/C14H24O/c1-3-10(2)11-4-5-13-9-14(15)7-6-12(13)8-11/h8,10-11,13-15H,3-7,9H2,1-2H3. The molecule has 0 saturated heterocycles. The fourth-order valence-corrected chi connectivity index (χ4v) is 3.16. The summed E-state index contributed by atoms with van der Waals surface area (Å²) in [7, 11) is 0. The van der Waals surface area contributed by atoms with Crippen LogP contribution in [0, 0.1) is 17.8 Å². The smallest absolute Gasteiger partial charge is 0.0549 e. The van der Waals surface area contributed by atoms with Crippen molar-refractivity contribution in [2.24, 2.45) is 17.8 Å². The largest absolute Gasteiger partial charge is 0.393 e. The maximum absolute atomic E-state index is 9.64. The molecule has 4 unspecified atom stereocenters. The number of hydrogen-bond acceptors (Lipinski definition) is 1. The van der Waals surface area contributed by atoms with Gasteiger partial charge in [0.15, 0.2) is 0 Å². The van der Waals surface area contributed by atoms with E-state index in [2.05, 4.69) is 19.9 Å². The van der Waals surface area contributed by atoms with Crippen molar-refractivity contribution in [3.63, 3.8) is 0 Å². The van der Waals surface area contributed by atoms with E-state index in [1.165, 1.54) is 19.3 Å². The molecule has 0 aliphatic heterocycles. The van der Waals surface area contributed by atoms with E-state index in [1.54, 1.807) is 5.57 Å². The molecule has 0 bridgehead atoms. The van der Waals surface area contributed by atoms with E-state index in [0.29, 0.717) is 5.92 Å². The van der Waals surface area contributed by atoms with Crippen LogP contribution in [0.1, 0.15) is 52.4 Å². The molecule has 2 aliphatic carbocycles. The van der Waals surface area contributed by atoms with E-state index in [-0.39, 0.29) is 6.10 Å². The summed E-state index contributed by atoms with van der Waals surface area (Å²) < 4.78 is 0. The van der Waals surface area contributed by atoms with Crippen molar-refractivity contribution in [3.8, 4) is 0 Å². The average molecular weight is 208 g/mol. The highest BCUT2D eigenvalue weighted by atomic mass is 16.3. The van der Waals surface area contributed by atoms with Crippen LogP contribution in [0.4, 0.5) is 0 Å². The normalized spacial score (nSPS) is 38.1. The average Bonchev–Trinajstić information content (AvgIpc) is 2.27. The highest BCUT2D eigenvalue weighted by Gasteiger charge is 2.29. The summed E-state index contributed by atoms with van der Waals surface area (Å²) in [5.74, 6) is 2.37. The third-order valence-electron chi connectivity index (χ3n) is 4.50. The van der Waals surface area contributed by atoms with Gasteiger partial charge < -0.3 is 5.11 Å². The zero-order chi connectivity index (χ0) is 10.8. The van der Waals surface area contributed by atoms with Crippen LogP contribution in [0.2, 0.25) is 0 Å². The van der Waals surface area contributed by atoms with E-state index >= 15 is 0 Å². The molecule has 2 aliphatic rings. The molecule has 1 N–H and O–H groups in total. The summed E-state index contributed by atoms with van der Waals surface area (Å²) in [4.78, 5) is 0. The molecular weight excluding hydrogens is 184 g/mol. The first-order valence-corrected chi connectivity index (χ1v) is 6.59. The lowest BCUT2D eigenvalue weighted by molar-refractivity contribution is 0.113. The highest BCUT2D eigenvalue weighted by Crippen LogP contribution is 2.40. The minimum atomic E-state index is -0.0210. The molecular formula is C14H24O. The Morgan fingerprint density at radius 1 is 1.40 bits per heavy atom. The number of hydrogen-bond donors (Lipinski definition) is 1. The summed E-state index contributed by atoms with van der Waals surface area (Å²) in [5.41, 5.74) is 1.66. The van der Waals surface area contributed by atoms with Crippen molar-refractivity contribution in [1.29, 1.82) is 0 Å². The van der Waals surface area contributed by atoms with E-state index in [0.717, 1.165) is 31.1 Å². The van der Waals surface area contributed by atoms with Crippen LogP contribution in [0.25, 0.3) is 0 Å². The summed E-state index contributed by atoms with van der Waals surface area (Å²) in [6.07, 6.45) is 9.66. The first-order chi connectivity index (χ1) is 7.20. The summed E-state index contributed by atoms with van der Waals surface area (Å²) in [6.45, 7) is 4.67. The molecule has 0 heterocycles. The molecule has 0 aromatic rings. The van der Waals surface area contributed by atoms with Gasteiger partial charge in [-0.05, 0) is 49.9 Å². The predicted octanol–water partition coefficient (Wildman–Crippen LogP) is 3.53. The molecule has 0 amide bonds. The molecule has 0 aromatic heterocycles. The Morgan fingerprint density at radius 3 is 2.93 bits per heavy atom. The van der Waals surface area contributed by atoms with E-state index in [1.807, 2.05) is 0 Å². The Morgan fingerprint density at radius 2 is 2.20 bits per heavy atom. The van der Waals surface area contributed by atoms with Gasteiger partial charge in [0.05, 0.1) is 6.10 Å². The van der Waals surface area contributed by atoms with Crippen LogP contribution in [0.15, 0.2) is 11.6 Å². The Balaban J connectivity index is 2.03. The van der Waals surface area contributed by atoms with Gasteiger partial charge in [0.1, 0.15) is 0 Å². The van der Waals surface area contributed by atoms with Crippen LogP contribution < -0.4 is 0 Å². The molecule has 2 rings (SSSR count). The monoisotopic (exact) mass is 208 g/mol. The van der Waals surface area contributed by atoms with Crippen LogP contribution >= 0.6 is 0 Å². The number of aliphatic hydroxyl groups excluding tert-OH is 1. The van der Waals surface area contributed by atoms with Gasteiger partial charge >= 0.3 is 0 Å². The lowest BCUT2D eigenvalue weighted by Crippen LogP contribution is -2.27. The van der Waals surface area contributed by atoms with E-state index in [9.17, 15) is 5.11 Å². The zero-order valence-corrected chi connectivity index (χ0v) is 10.1. The molecule has 15 heavy (non-hydrogen) atoms. The second-order valence-electron chi connectivity index (χ2n) is 5.49. The molecule has 1 heteroatoms. The SMILES string of the molecule is CCC(C)C1C=C2CCC(O)CC2CC1. The van der Waals surface area contributed by atoms with Crippen molar-refractivity contribution < 1.29 is 5.11 Å². The van der Waals surface area contributed by atoms with Crippen molar-refractivity contribution in [2.45, 2.75) is 58.5 Å². The Bertz CT molecular complexity index is 244. The fourth-order valence-electron chi connectivity index (χ4n) is 3.16. The first-order valence-electron chi connectivity index (χ1n) is 6.59. The molecule has 0 aromatic carbocycles. The maximum Gasteiger partial charge on any atom is 0.0549 e. The van der Waals surface area contributed by atoms with E-state index < -0.39 is 0 Å². The van der Waals surface area contributed by atoms with Gasteiger partial charge in [-0.2, -0.15) is 0 Å². The van der Waals surface area contributed by atoms with Gasteiger partial charge in [0.25, 0.3) is 0 Å². The first kappa shape index (κ1) is 11.2. The zero-order valence-electron chi connectivity index (χ0n) is 10.1. The Hall–Kier alpha value is -0.300. The third-order valence-corrected chi connectivity index (χ3v) is 4.50. The molecule has 86 valence electrons. The van der Waals surface area contributed by atoms with Crippen molar-refractivity contribution in [2.75, 3.05) is 0 Å². The number of aliphatic hydroxyl groups is 1. The summed E-state index contributed by atoms with van der Waals surface area (Å²) >= 11 is 0. The second kappa shape index (κ2) is 4.69. The van der Waals surface area contributed by atoms with Crippen LogP contribution in [-0.2, 0) is 0 Å². The molecule has 1 fully saturated rings. The van der Waals surface area contributed by atoms with Gasteiger partial charge in [-0.25, -0.2) is 0 Å². The molecule has 1 nitrogen and oxygen atoms in total. The van der Waals surface area contributed by atoms with Crippen LogP contribution in [0.5, 0.6) is 0 Å². The van der Waals surface area contributed by atoms with Crippen LogP contribution in [-0.4, -0.2) is 11.2 Å². The lowest BCUT2D eigenvalue weighted by atomic mass is 9.71. The van der Waals surface area contributed by atoms with Gasteiger partial charge in [0, 0.05) is 0 Å². The minimum absolute atomic E-state index is 0.0210. The van der Waals surface area contributed by atoms with Gasteiger partial charge in [-0.1, -0.05) is 31.9 Å². The van der Waals surface area contributed by atoms with Crippen LogP contribution in [0.3, 0.4) is 0 Å². The highest BCUT2D eigenvalue weighted by molar-refractivity contribution is 5.15. The number of rotatable bonds is 2. The summed E-state index contributed by atoms with van der Waals surface area (Å²) in [5, 5.41) is 9.64. The fraction of sp³-hybridized carbons (Fsp3) is 0.857. The minimum Gasteiger partial charge on any atom is -0.393 e. The topological polar surface area (TPSA) is 20.2 Å². The van der Waals surface area contributed by atoms with Crippen molar-refractivity contribution >= 4 is 0 Å². The molecule has 1 saturated carbocycles. The molecule has 4 atom stereocenters. The second-order valence-corrected chi connectivity index (χ2v) is 5.49. The van der Waals surface area contributed by atoms with Gasteiger partial charge in [0.2, 0.25) is 0 Å². The Labute approximate surface area is 93.6 Å². The Kier molecular flexibility index (Phi) is 3.50. The lowest BCUT2D eigenvalue weighted by Gasteiger charge is -2.36. The molecule has 0 spiro atoms. The maximum atomic E-state index is 9.64. The summed E-state index contributed by atoms with van der Waals surface area (Å²) in [6, 6.07) is 0. The van der Waals surface area contributed by atoms with Gasteiger partial charge in [-0.15, -0.1) is 0 Å². The van der Waals surface area contributed by atoms with E-state index in [4.69, 9.17) is 0 Å². The van der Waals surface area contributed by atoms with Crippen molar-refractivity contribution in [1.82, 2.24) is 0 Å². The molecule has 0 radical (unpaired) electrons.